The predicted molar refractivity (Wildman–Crippen MR) is 62.0 cm³/mol. The van der Waals surface area contributed by atoms with E-state index in [9.17, 15) is 8.42 Å². The van der Waals surface area contributed by atoms with Gasteiger partial charge in [0, 0.05) is 11.9 Å². The van der Waals surface area contributed by atoms with Crippen molar-refractivity contribution >= 4 is 26.5 Å². The Kier molecular flexibility index (Phi) is 2.72. The van der Waals surface area contributed by atoms with Crippen LogP contribution in [0.1, 0.15) is 23.4 Å². The SMILES string of the molecule is CN(c1nc2c(s1)CCCC2)S(C)(=O)=O. The van der Waals surface area contributed by atoms with Crippen molar-refractivity contribution < 1.29 is 8.42 Å². The highest BCUT2D eigenvalue weighted by Crippen LogP contribution is 2.31. The van der Waals surface area contributed by atoms with E-state index in [1.165, 1.54) is 39.6 Å². The van der Waals surface area contributed by atoms with Gasteiger partial charge in [0.15, 0.2) is 5.13 Å². The highest BCUT2D eigenvalue weighted by Gasteiger charge is 2.20. The molecule has 6 heteroatoms. The molecule has 1 aliphatic carbocycles. The first kappa shape index (κ1) is 10.9. The maximum atomic E-state index is 11.3. The molecule has 0 saturated heterocycles. The Hall–Kier alpha value is -0.620. The Balaban J connectivity index is 2.34. The van der Waals surface area contributed by atoms with Gasteiger partial charge in [-0.15, -0.1) is 11.3 Å². The lowest BCUT2D eigenvalue weighted by Crippen LogP contribution is -2.24. The molecule has 1 aliphatic rings. The zero-order chi connectivity index (χ0) is 11.1. The number of hydrogen-bond donors (Lipinski definition) is 0. The summed E-state index contributed by atoms with van der Waals surface area (Å²) in [5, 5.41) is 0.601. The molecular formula is C9H14N2O2S2. The van der Waals surface area contributed by atoms with Crippen molar-refractivity contribution in [3.63, 3.8) is 0 Å². The molecule has 0 atom stereocenters. The number of sulfonamides is 1. The summed E-state index contributed by atoms with van der Waals surface area (Å²) in [6, 6.07) is 0. The number of aromatic nitrogens is 1. The molecule has 1 aromatic heterocycles. The predicted octanol–water partition coefficient (Wildman–Crippen LogP) is 1.42. The number of aryl methyl sites for hydroxylation is 2. The first-order valence-electron chi connectivity index (χ1n) is 4.91. The molecular weight excluding hydrogens is 232 g/mol. The van der Waals surface area contributed by atoms with Gasteiger partial charge in [-0.2, -0.15) is 0 Å². The molecule has 1 heterocycles. The van der Waals surface area contributed by atoms with Gasteiger partial charge >= 0.3 is 0 Å². The number of anilines is 1. The summed E-state index contributed by atoms with van der Waals surface area (Å²) in [7, 11) is -1.62. The van der Waals surface area contributed by atoms with Crippen molar-refractivity contribution in [2.45, 2.75) is 25.7 Å². The molecule has 15 heavy (non-hydrogen) atoms. The van der Waals surface area contributed by atoms with Crippen molar-refractivity contribution in [2.75, 3.05) is 17.6 Å². The summed E-state index contributed by atoms with van der Waals surface area (Å²) in [5.41, 5.74) is 1.09. The molecule has 2 rings (SSSR count). The fourth-order valence-corrected chi connectivity index (χ4v) is 3.47. The maximum absolute atomic E-state index is 11.3. The summed E-state index contributed by atoms with van der Waals surface area (Å²) < 4.78 is 23.9. The van der Waals surface area contributed by atoms with Crippen LogP contribution in [0.3, 0.4) is 0 Å². The first-order chi connectivity index (χ1) is 6.98. The molecule has 4 nitrogen and oxygen atoms in total. The van der Waals surface area contributed by atoms with Gasteiger partial charge in [-0.1, -0.05) is 0 Å². The third-order valence-electron chi connectivity index (χ3n) is 2.60. The van der Waals surface area contributed by atoms with Crippen LogP contribution in [0.15, 0.2) is 0 Å². The minimum absolute atomic E-state index is 0.601. The van der Waals surface area contributed by atoms with Gasteiger partial charge in [-0.05, 0) is 25.7 Å². The van der Waals surface area contributed by atoms with Crippen LogP contribution in [0.4, 0.5) is 5.13 Å². The minimum atomic E-state index is -3.17. The Morgan fingerprint density at radius 1 is 1.33 bits per heavy atom. The second kappa shape index (κ2) is 3.75. The third kappa shape index (κ3) is 2.15. The number of hydrogen-bond acceptors (Lipinski definition) is 4. The van der Waals surface area contributed by atoms with Gasteiger partial charge in [-0.25, -0.2) is 17.7 Å². The van der Waals surface area contributed by atoms with Gasteiger partial charge in [0.2, 0.25) is 10.0 Å². The quantitative estimate of drug-likeness (QED) is 0.793. The van der Waals surface area contributed by atoms with Crippen molar-refractivity contribution in [3.8, 4) is 0 Å². The standard InChI is InChI=1S/C9H14N2O2S2/c1-11(15(2,12)13)9-10-7-5-3-4-6-8(7)14-9/h3-6H2,1-2H3. The van der Waals surface area contributed by atoms with Crippen LogP contribution in [-0.2, 0) is 22.9 Å². The zero-order valence-corrected chi connectivity index (χ0v) is 10.5. The van der Waals surface area contributed by atoms with Gasteiger partial charge in [0.25, 0.3) is 0 Å². The van der Waals surface area contributed by atoms with Crippen LogP contribution in [-0.4, -0.2) is 26.7 Å². The lowest BCUT2D eigenvalue weighted by Gasteiger charge is -2.11. The Morgan fingerprint density at radius 2 is 2.00 bits per heavy atom. The normalized spacial score (nSPS) is 16.1. The molecule has 0 amide bonds. The molecule has 0 aromatic carbocycles. The van der Waals surface area contributed by atoms with Crippen molar-refractivity contribution in [1.82, 2.24) is 4.98 Å². The van der Waals surface area contributed by atoms with Crippen molar-refractivity contribution in [1.29, 1.82) is 0 Å². The zero-order valence-electron chi connectivity index (χ0n) is 8.86. The molecule has 0 fully saturated rings. The number of fused-ring (bicyclic) bond motifs is 1. The summed E-state index contributed by atoms with van der Waals surface area (Å²) in [6.07, 6.45) is 5.59. The lowest BCUT2D eigenvalue weighted by atomic mass is 10.0. The van der Waals surface area contributed by atoms with Crippen LogP contribution in [0.25, 0.3) is 0 Å². The third-order valence-corrected chi connectivity index (χ3v) is 5.12. The molecule has 0 unspecified atom stereocenters. The van der Waals surface area contributed by atoms with E-state index in [1.54, 1.807) is 7.05 Å². The van der Waals surface area contributed by atoms with Gasteiger partial charge in [-0.3, -0.25) is 0 Å². The van der Waals surface area contributed by atoms with E-state index >= 15 is 0 Å². The Morgan fingerprint density at radius 3 is 2.60 bits per heavy atom. The number of rotatable bonds is 2. The monoisotopic (exact) mass is 246 g/mol. The fourth-order valence-electron chi connectivity index (χ4n) is 1.61. The Bertz CT molecular complexity index is 441. The second-order valence-electron chi connectivity index (χ2n) is 3.80. The molecule has 0 saturated carbocycles. The molecule has 0 spiro atoms. The van der Waals surface area contributed by atoms with E-state index in [4.69, 9.17) is 0 Å². The van der Waals surface area contributed by atoms with Crippen LogP contribution >= 0.6 is 11.3 Å². The van der Waals surface area contributed by atoms with E-state index < -0.39 is 10.0 Å². The van der Waals surface area contributed by atoms with Crippen LogP contribution in [0, 0.1) is 0 Å². The van der Waals surface area contributed by atoms with Gasteiger partial charge in [0.05, 0.1) is 11.9 Å². The van der Waals surface area contributed by atoms with Crippen LogP contribution in [0.2, 0.25) is 0 Å². The molecule has 0 N–H and O–H groups in total. The number of thiazole rings is 1. The summed E-state index contributed by atoms with van der Waals surface area (Å²) in [5.74, 6) is 0. The molecule has 0 bridgehead atoms. The summed E-state index contributed by atoms with van der Waals surface area (Å²) in [6.45, 7) is 0. The highest BCUT2D eigenvalue weighted by atomic mass is 32.2. The van der Waals surface area contributed by atoms with Crippen LogP contribution in [0.5, 0.6) is 0 Å². The van der Waals surface area contributed by atoms with E-state index in [1.807, 2.05) is 0 Å². The van der Waals surface area contributed by atoms with Crippen molar-refractivity contribution in [2.24, 2.45) is 0 Å². The minimum Gasteiger partial charge on any atom is -0.248 e. The van der Waals surface area contributed by atoms with Crippen LogP contribution < -0.4 is 4.31 Å². The van der Waals surface area contributed by atoms with E-state index in [0.29, 0.717) is 5.13 Å². The molecule has 84 valence electrons. The van der Waals surface area contributed by atoms with E-state index in [0.717, 1.165) is 18.5 Å². The van der Waals surface area contributed by atoms with Gasteiger partial charge < -0.3 is 0 Å². The first-order valence-corrected chi connectivity index (χ1v) is 7.57. The lowest BCUT2D eigenvalue weighted by molar-refractivity contribution is 0.600. The van der Waals surface area contributed by atoms with Crippen molar-refractivity contribution in [3.05, 3.63) is 10.6 Å². The highest BCUT2D eigenvalue weighted by molar-refractivity contribution is 7.92. The molecule has 0 aliphatic heterocycles. The summed E-state index contributed by atoms with van der Waals surface area (Å²) in [4.78, 5) is 5.64. The van der Waals surface area contributed by atoms with E-state index in [-0.39, 0.29) is 0 Å². The average molecular weight is 246 g/mol. The number of nitrogens with zero attached hydrogens (tertiary/aromatic N) is 2. The van der Waals surface area contributed by atoms with Gasteiger partial charge in [0.1, 0.15) is 0 Å². The topological polar surface area (TPSA) is 50.3 Å². The Labute approximate surface area is 94.0 Å². The second-order valence-corrected chi connectivity index (χ2v) is 6.88. The smallest absolute Gasteiger partial charge is 0.233 e. The average Bonchev–Trinajstić information content (AvgIpc) is 2.58. The molecule has 0 radical (unpaired) electrons. The largest absolute Gasteiger partial charge is 0.248 e. The van der Waals surface area contributed by atoms with E-state index in [2.05, 4.69) is 4.98 Å². The fraction of sp³-hybridized carbons (Fsp3) is 0.667. The maximum Gasteiger partial charge on any atom is 0.233 e. The molecule has 1 aromatic rings. The summed E-state index contributed by atoms with van der Waals surface area (Å²) >= 11 is 1.51.